The summed E-state index contributed by atoms with van der Waals surface area (Å²) in [7, 11) is 1.50. The summed E-state index contributed by atoms with van der Waals surface area (Å²) in [5, 5.41) is 0. The van der Waals surface area contributed by atoms with Gasteiger partial charge >= 0.3 is 0 Å². The van der Waals surface area contributed by atoms with Gasteiger partial charge in [0.25, 0.3) is 0 Å². The SMILES string of the molecule is C=C/C(C)=C(/N)C=C.CN. The van der Waals surface area contributed by atoms with Gasteiger partial charge in [0.15, 0.2) is 0 Å². The molecule has 0 heterocycles. The predicted octanol–water partition coefficient (Wildman–Crippen LogP) is 1.17. The van der Waals surface area contributed by atoms with E-state index in [1.54, 1.807) is 12.2 Å². The van der Waals surface area contributed by atoms with Crippen molar-refractivity contribution in [2.75, 3.05) is 7.05 Å². The maximum Gasteiger partial charge on any atom is 0.0337 e. The average Bonchev–Trinajstić information content (AvgIpc) is 2.05. The van der Waals surface area contributed by atoms with Crippen LogP contribution in [0.5, 0.6) is 0 Å². The highest BCUT2D eigenvalue weighted by atomic mass is 14.6. The molecular formula is C8H16N2. The lowest BCUT2D eigenvalue weighted by molar-refractivity contribution is 1.33. The lowest BCUT2D eigenvalue weighted by Crippen LogP contribution is -1.94. The van der Waals surface area contributed by atoms with Crippen LogP contribution in [0.25, 0.3) is 0 Å². The second-order valence-corrected chi connectivity index (χ2v) is 1.55. The zero-order valence-electron chi connectivity index (χ0n) is 6.72. The second-order valence-electron chi connectivity index (χ2n) is 1.55. The zero-order valence-corrected chi connectivity index (χ0v) is 6.72. The van der Waals surface area contributed by atoms with E-state index in [0.29, 0.717) is 5.70 Å². The second kappa shape index (κ2) is 7.98. The molecule has 4 N–H and O–H groups in total. The smallest absolute Gasteiger partial charge is 0.0337 e. The fourth-order valence-corrected chi connectivity index (χ4v) is 0.279. The van der Waals surface area contributed by atoms with Crippen LogP contribution in [-0.2, 0) is 0 Å². The van der Waals surface area contributed by atoms with Crippen molar-refractivity contribution in [3.8, 4) is 0 Å². The van der Waals surface area contributed by atoms with Gasteiger partial charge in [0.1, 0.15) is 0 Å². The molecule has 2 heteroatoms. The van der Waals surface area contributed by atoms with E-state index in [2.05, 4.69) is 18.9 Å². The molecule has 0 fully saturated rings. The van der Waals surface area contributed by atoms with Crippen LogP contribution < -0.4 is 11.5 Å². The Labute approximate surface area is 62.9 Å². The van der Waals surface area contributed by atoms with Gasteiger partial charge in [0.05, 0.1) is 0 Å². The Morgan fingerprint density at radius 2 is 1.60 bits per heavy atom. The van der Waals surface area contributed by atoms with E-state index in [1.165, 1.54) is 7.05 Å². The summed E-state index contributed by atoms with van der Waals surface area (Å²) < 4.78 is 0. The van der Waals surface area contributed by atoms with E-state index in [1.807, 2.05) is 6.92 Å². The van der Waals surface area contributed by atoms with Gasteiger partial charge in [-0.05, 0) is 25.6 Å². The number of rotatable bonds is 2. The molecule has 0 bridgehead atoms. The van der Waals surface area contributed by atoms with Crippen LogP contribution in [0.15, 0.2) is 36.6 Å². The van der Waals surface area contributed by atoms with Gasteiger partial charge in [-0.3, -0.25) is 0 Å². The molecule has 0 saturated heterocycles. The topological polar surface area (TPSA) is 52.0 Å². The quantitative estimate of drug-likeness (QED) is 0.566. The lowest BCUT2D eigenvalue weighted by Gasteiger charge is -1.92. The molecule has 10 heavy (non-hydrogen) atoms. The zero-order chi connectivity index (χ0) is 8.57. The van der Waals surface area contributed by atoms with Gasteiger partial charge in [-0.15, -0.1) is 0 Å². The minimum Gasteiger partial charge on any atom is -0.399 e. The van der Waals surface area contributed by atoms with E-state index in [4.69, 9.17) is 5.73 Å². The molecule has 0 aromatic rings. The minimum atomic E-state index is 0.694. The Balaban J connectivity index is 0. The fourth-order valence-electron chi connectivity index (χ4n) is 0.279. The molecule has 0 aliphatic heterocycles. The van der Waals surface area contributed by atoms with Gasteiger partial charge in [-0.25, -0.2) is 0 Å². The molecule has 0 aromatic carbocycles. The van der Waals surface area contributed by atoms with Gasteiger partial charge in [0, 0.05) is 5.70 Å². The van der Waals surface area contributed by atoms with Crippen molar-refractivity contribution < 1.29 is 0 Å². The van der Waals surface area contributed by atoms with Gasteiger partial charge < -0.3 is 11.5 Å². The maximum atomic E-state index is 5.42. The Morgan fingerprint density at radius 1 is 1.20 bits per heavy atom. The third-order valence-corrected chi connectivity index (χ3v) is 0.981. The molecule has 0 atom stereocenters. The summed E-state index contributed by atoms with van der Waals surface area (Å²) in [6.45, 7) is 8.94. The number of allylic oxidation sites excluding steroid dienone is 3. The molecule has 0 amide bonds. The van der Waals surface area contributed by atoms with Gasteiger partial charge in [-0.2, -0.15) is 0 Å². The van der Waals surface area contributed by atoms with Crippen LogP contribution in [0.4, 0.5) is 0 Å². The van der Waals surface area contributed by atoms with Gasteiger partial charge in [0.2, 0.25) is 0 Å². The molecule has 0 aliphatic carbocycles. The Morgan fingerprint density at radius 3 is 1.70 bits per heavy atom. The van der Waals surface area contributed by atoms with Crippen molar-refractivity contribution in [2.45, 2.75) is 6.92 Å². The third-order valence-electron chi connectivity index (χ3n) is 0.981. The normalized spacial score (nSPS) is 10.3. The predicted molar refractivity (Wildman–Crippen MR) is 47.4 cm³/mol. The summed E-state index contributed by atoms with van der Waals surface area (Å²) in [5.41, 5.74) is 11.6. The Kier molecular flexibility index (Phi) is 9.37. The fraction of sp³-hybridized carbons (Fsp3) is 0.250. The number of hydrogen-bond acceptors (Lipinski definition) is 2. The molecule has 0 spiro atoms. The van der Waals surface area contributed by atoms with E-state index in [0.717, 1.165) is 5.57 Å². The standard InChI is InChI=1S/C7H11N.CH5N/c1-4-6(3)7(8)5-2;1-2/h4-5H,1-2,8H2,3H3;2H2,1H3/b7-6+;. The summed E-state index contributed by atoms with van der Waals surface area (Å²) in [6, 6.07) is 0. The summed E-state index contributed by atoms with van der Waals surface area (Å²) >= 11 is 0. The largest absolute Gasteiger partial charge is 0.399 e. The molecule has 2 nitrogen and oxygen atoms in total. The molecule has 0 radical (unpaired) electrons. The van der Waals surface area contributed by atoms with Crippen molar-refractivity contribution in [3.63, 3.8) is 0 Å². The molecular weight excluding hydrogens is 124 g/mol. The van der Waals surface area contributed by atoms with Crippen molar-refractivity contribution in [3.05, 3.63) is 36.6 Å². The number of nitrogens with two attached hydrogens (primary N) is 2. The third kappa shape index (κ3) is 5.12. The monoisotopic (exact) mass is 140 g/mol. The summed E-state index contributed by atoms with van der Waals surface area (Å²) in [5.74, 6) is 0. The van der Waals surface area contributed by atoms with Gasteiger partial charge in [-0.1, -0.05) is 19.2 Å². The van der Waals surface area contributed by atoms with Crippen LogP contribution in [-0.4, -0.2) is 7.05 Å². The van der Waals surface area contributed by atoms with Crippen LogP contribution >= 0.6 is 0 Å². The maximum absolute atomic E-state index is 5.42. The van der Waals surface area contributed by atoms with Crippen LogP contribution in [0.2, 0.25) is 0 Å². The van der Waals surface area contributed by atoms with Crippen LogP contribution in [0.3, 0.4) is 0 Å². The highest BCUT2D eigenvalue weighted by Crippen LogP contribution is 1.97. The first-order valence-corrected chi connectivity index (χ1v) is 3.01. The lowest BCUT2D eigenvalue weighted by atomic mass is 10.2. The number of hydrogen-bond donors (Lipinski definition) is 2. The molecule has 58 valence electrons. The van der Waals surface area contributed by atoms with Crippen molar-refractivity contribution >= 4 is 0 Å². The first-order chi connectivity index (χ1) is 4.72. The van der Waals surface area contributed by atoms with Crippen molar-refractivity contribution in [1.82, 2.24) is 0 Å². The van der Waals surface area contributed by atoms with E-state index < -0.39 is 0 Å². The Hall–Kier alpha value is -1.02. The highest BCUT2D eigenvalue weighted by Gasteiger charge is 1.83. The summed E-state index contributed by atoms with van der Waals surface area (Å²) in [6.07, 6.45) is 3.31. The molecule has 0 rings (SSSR count). The van der Waals surface area contributed by atoms with Crippen LogP contribution in [0, 0.1) is 0 Å². The summed E-state index contributed by atoms with van der Waals surface area (Å²) in [4.78, 5) is 0. The average molecular weight is 140 g/mol. The van der Waals surface area contributed by atoms with Crippen molar-refractivity contribution in [2.24, 2.45) is 11.5 Å². The van der Waals surface area contributed by atoms with E-state index >= 15 is 0 Å². The first-order valence-electron chi connectivity index (χ1n) is 3.01. The van der Waals surface area contributed by atoms with E-state index in [9.17, 15) is 0 Å². The molecule has 0 aliphatic rings. The highest BCUT2D eigenvalue weighted by molar-refractivity contribution is 5.26. The minimum absolute atomic E-state index is 0.694. The molecule has 0 unspecified atom stereocenters. The molecule has 0 aromatic heterocycles. The Bertz CT molecular complexity index is 118. The van der Waals surface area contributed by atoms with Crippen molar-refractivity contribution in [1.29, 1.82) is 0 Å². The van der Waals surface area contributed by atoms with E-state index in [-0.39, 0.29) is 0 Å². The van der Waals surface area contributed by atoms with Crippen LogP contribution in [0.1, 0.15) is 6.92 Å². The molecule has 0 saturated carbocycles. The first kappa shape index (κ1) is 11.7.